The van der Waals surface area contributed by atoms with Crippen LogP contribution in [0.1, 0.15) is 46.2 Å². The maximum Gasteiger partial charge on any atom is 0.119 e. The van der Waals surface area contributed by atoms with Crippen LogP contribution < -0.4 is 30.5 Å². The quantitative estimate of drug-likeness (QED) is 0.0598. The number of ether oxygens (including phenoxy) is 4. The predicted octanol–water partition coefficient (Wildman–Crippen LogP) is 17.1. The largest absolute Gasteiger partial charge is 0.493 e. The number of para-hydroxylation sites is 2. The van der Waals surface area contributed by atoms with Gasteiger partial charge in [0.1, 0.15) is 11.5 Å². The molecule has 0 spiro atoms. The first-order valence-corrected chi connectivity index (χ1v) is 35.4. The van der Waals surface area contributed by atoms with E-state index in [4.69, 9.17) is 18.9 Å². The zero-order chi connectivity index (χ0) is 60.3. The molecule has 2 fully saturated rings. The molecular formula is C84H78O4P2. The molecule has 6 heteroatoms. The van der Waals surface area contributed by atoms with E-state index in [-0.39, 0.29) is 46.7 Å². The molecule has 448 valence electrons. The van der Waals surface area contributed by atoms with Gasteiger partial charge in [-0.15, -0.1) is 0 Å². The normalized spacial score (nSPS) is 21.9. The first-order chi connectivity index (χ1) is 44.7. The molecule has 0 N–H and O–H groups in total. The van der Waals surface area contributed by atoms with Crippen LogP contribution in [0.5, 0.6) is 11.5 Å². The van der Waals surface area contributed by atoms with Crippen molar-refractivity contribution in [2.24, 2.45) is 11.8 Å². The van der Waals surface area contributed by atoms with Gasteiger partial charge in [-0.3, -0.25) is 0 Å². The van der Waals surface area contributed by atoms with Gasteiger partial charge in [-0.05, 0) is 150 Å². The van der Waals surface area contributed by atoms with Crippen molar-refractivity contribution in [2.75, 3.05) is 13.2 Å². The Kier molecular flexibility index (Phi) is 19.0. The highest BCUT2D eigenvalue weighted by atomic mass is 31.1. The maximum absolute atomic E-state index is 7.66. The van der Waals surface area contributed by atoms with Gasteiger partial charge in [0.15, 0.2) is 0 Å². The second-order valence-corrected chi connectivity index (χ2v) is 29.8. The van der Waals surface area contributed by atoms with E-state index < -0.39 is 15.8 Å². The van der Waals surface area contributed by atoms with Gasteiger partial charge in [0.2, 0.25) is 0 Å². The SMILES string of the molecule is C1=c2ccc(P3[C@H](Cc4ccccc4)[C@H](OCc4ccccc4)[C@@H](OCc4ccccc4)[C@H]3Cc3ccccc3)c(-c3c(P4[C@H](Cc5ccccc5)[C@H](COc5ccccc5)[C@@H](COc5ccccc5)[C@H]4Cc4ccccc4)ccc4ccccc34)c2=CCC1. The first-order valence-electron chi connectivity index (χ1n) is 32.4. The van der Waals surface area contributed by atoms with Crippen LogP contribution in [0.25, 0.3) is 34.1 Å². The number of hydrogen-bond donors (Lipinski definition) is 0. The lowest BCUT2D eigenvalue weighted by atomic mass is 9.84. The fourth-order valence-electron chi connectivity index (χ4n) is 14.8. The highest BCUT2D eigenvalue weighted by molar-refractivity contribution is 7.68. The Bertz CT molecular complexity index is 4010. The van der Waals surface area contributed by atoms with Crippen molar-refractivity contribution in [1.82, 2.24) is 0 Å². The third-order valence-corrected chi connectivity index (χ3v) is 25.8. The van der Waals surface area contributed by atoms with Crippen LogP contribution in [0.4, 0.5) is 0 Å². The molecule has 0 saturated carbocycles. The predicted molar refractivity (Wildman–Crippen MR) is 377 cm³/mol. The van der Waals surface area contributed by atoms with Crippen molar-refractivity contribution in [3.8, 4) is 22.6 Å². The van der Waals surface area contributed by atoms with Crippen LogP contribution in [0.2, 0.25) is 0 Å². The molecule has 90 heavy (non-hydrogen) atoms. The lowest BCUT2D eigenvalue weighted by Gasteiger charge is -2.34. The zero-order valence-electron chi connectivity index (χ0n) is 51.1. The van der Waals surface area contributed by atoms with Gasteiger partial charge >= 0.3 is 0 Å². The third-order valence-electron chi connectivity index (χ3n) is 19.0. The molecule has 2 heterocycles. The second kappa shape index (κ2) is 28.7. The Morgan fingerprint density at radius 1 is 0.311 bits per heavy atom. The first kappa shape index (κ1) is 59.4. The van der Waals surface area contributed by atoms with E-state index in [9.17, 15) is 0 Å². The summed E-state index contributed by atoms with van der Waals surface area (Å²) in [5.41, 5.74) is 11.1. The smallest absolute Gasteiger partial charge is 0.119 e. The van der Waals surface area contributed by atoms with Crippen LogP contribution in [0.15, 0.2) is 291 Å². The zero-order valence-corrected chi connectivity index (χ0v) is 52.9. The Morgan fingerprint density at radius 3 is 1.12 bits per heavy atom. The van der Waals surface area contributed by atoms with Crippen molar-refractivity contribution in [3.63, 3.8) is 0 Å². The van der Waals surface area contributed by atoms with Crippen LogP contribution >= 0.6 is 15.8 Å². The van der Waals surface area contributed by atoms with E-state index in [0.717, 1.165) is 50.0 Å². The molecule has 2 saturated heterocycles. The number of rotatable bonds is 23. The van der Waals surface area contributed by atoms with E-state index >= 15 is 0 Å². The summed E-state index contributed by atoms with van der Waals surface area (Å²) in [5.74, 6) is 2.10. The molecule has 2 aliphatic heterocycles. The Morgan fingerprint density at radius 2 is 0.667 bits per heavy atom. The Balaban J connectivity index is 1.02. The molecule has 1 aliphatic carbocycles. The third kappa shape index (κ3) is 13.5. The highest BCUT2D eigenvalue weighted by Gasteiger charge is 2.55. The van der Waals surface area contributed by atoms with Crippen LogP contribution in [-0.4, -0.2) is 48.1 Å². The fourth-order valence-corrected chi connectivity index (χ4v) is 22.9. The van der Waals surface area contributed by atoms with Crippen molar-refractivity contribution >= 4 is 49.4 Å². The summed E-state index contributed by atoms with van der Waals surface area (Å²) in [5, 5.41) is 8.20. The Labute approximate surface area is 534 Å². The van der Waals surface area contributed by atoms with E-state index in [2.05, 4.69) is 303 Å². The molecular weight excluding hydrogens is 1130 g/mol. The molecule has 0 bridgehead atoms. The fraction of sp³-hybridized carbons (Fsp3) is 0.214. The van der Waals surface area contributed by atoms with Gasteiger partial charge in [-0.2, -0.15) is 0 Å². The lowest BCUT2D eigenvalue weighted by molar-refractivity contribution is -0.0786. The summed E-state index contributed by atoms with van der Waals surface area (Å²) < 4.78 is 29.6. The van der Waals surface area contributed by atoms with E-state index in [1.807, 2.05) is 0 Å². The Hall–Kier alpha value is -8.20. The van der Waals surface area contributed by atoms with Crippen LogP contribution in [0.3, 0.4) is 0 Å². The number of benzene rings is 11. The second-order valence-electron chi connectivity index (χ2n) is 24.6. The minimum atomic E-state index is -1.09. The van der Waals surface area contributed by atoms with Gasteiger partial charge in [0.25, 0.3) is 0 Å². The maximum atomic E-state index is 7.66. The average molecular weight is 1210 g/mol. The molecule has 4 nitrogen and oxygen atoms in total. The monoisotopic (exact) mass is 1210 g/mol. The molecule has 14 rings (SSSR count). The van der Waals surface area contributed by atoms with Gasteiger partial charge in [0.05, 0.1) is 38.6 Å². The van der Waals surface area contributed by atoms with Gasteiger partial charge in [-0.25, -0.2) is 0 Å². The van der Waals surface area contributed by atoms with Crippen LogP contribution in [-0.2, 0) is 48.4 Å². The van der Waals surface area contributed by atoms with Gasteiger partial charge < -0.3 is 18.9 Å². The molecule has 0 aromatic heterocycles. The van der Waals surface area contributed by atoms with E-state index in [1.54, 1.807) is 0 Å². The van der Waals surface area contributed by atoms with E-state index in [0.29, 0.717) is 26.4 Å². The minimum absolute atomic E-state index is 0.0938. The number of hydrogen-bond acceptors (Lipinski definition) is 4. The molecule has 0 amide bonds. The van der Waals surface area contributed by atoms with Crippen molar-refractivity contribution in [2.45, 2.75) is 86.6 Å². The van der Waals surface area contributed by atoms with Crippen molar-refractivity contribution < 1.29 is 18.9 Å². The minimum Gasteiger partial charge on any atom is -0.493 e. The van der Waals surface area contributed by atoms with E-state index in [1.165, 1.54) is 76.3 Å². The van der Waals surface area contributed by atoms with Crippen LogP contribution in [0, 0.1) is 11.8 Å². The summed E-state index contributed by atoms with van der Waals surface area (Å²) in [7, 11) is -2.11. The molecule has 0 radical (unpaired) electrons. The summed E-state index contributed by atoms with van der Waals surface area (Å²) >= 11 is 0. The lowest BCUT2D eigenvalue weighted by Crippen LogP contribution is -2.38. The topological polar surface area (TPSA) is 36.9 Å². The standard InChI is InChI=1S/C84H78O4P2/c1-9-29-61(30-10-1)53-77-73(59-85-69-43-21-7-22-44-69)74(60-86-70-45-23-8-24-46-70)78(54-62-31-11-2-12-32-62)89(77)75-51-49-67-41-25-27-47-71(67)81(75)82-72-48-28-26-42-68(72)50-52-76(82)90-79(55-63-33-13-3-14-34-63)83(87-57-65-37-17-5-18-38-65)84(88-58-66-39-19-6-20-40-66)80(90)56-64-35-15-4-16-36-64/h1-25,27,29-52,73-74,77-80,83-84H,26,28,53-60H2/t73-,74-,77-,78-,79-,80-,83+,84+/m1/s1. The summed E-state index contributed by atoms with van der Waals surface area (Å²) in [6.45, 7) is 2.15. The molecule has 11 aromatic carbocycles. The summed E-state index contributed by atoms with van der Waals surface area (Å²) in [6.07, 6.45) is 10.2. The summed E-state index contributed by atoms with van der Waals surface area (Å²) in [6, 6.07) is 107. The molecule has 3 aliphatic rings. The number of fused-ring (bicyclic) bond motifs is 2. The average Bonchev–Trinajstić information content (AvgIpc) is 1.40. The van der Waals surface area contributed by atoms with Gasteiger partial charge in [-0.1, -0.05) is 295 Å². The highest BCUT2D eigenvalue weighted by Crippen LogP contribution is 2.64. The van der Waals surface area contributed by atoms with Crippen molar-refractivity contribution in [1.29, 1.82) is 0 Å². The molecule has 11 aromatic rings. The molecule has 0 unspecified atom stereocenters. The molecule has 8 atom stereocenters. The van der Waals surface area contributed by atoms with Crippen molar-refractivity contribution in [3.05, 3.63) is 335 Å². The van der Waals surface area contributed by atoms with Gasteiger partial charge in [0, 0.05) is 23.2 Å². The summed E-state index contributed by atoms with van der Waals surface area (Å²) in [4.78, 5) is 0.